The number of nitrogens with one attached hydrogen (secondary N) is 1. The summed E-state index contributed by atoms with van der Waals surface area (Å²) in [6.07, 6.45) is 1.98. The van der Waals surface area contributed by atoms with Gasteiger partial charge in [-0.2, -0.15) is 0 Å². The number of methoxy groups -OCH3 is 2. The van der Waals surface area contributed by atoms with E-state index in [0.717, 1.165) is 11.3 Å². The van der Waals surface area contributed by atoms with Crippen molar-refractivity contribution in [2.75, 3.05) is 14.2 Å². The molecule has 0 saturated heterocycles. The van der Waals surface area contributed by atoms with Crippen molar-refractivity contribution >= 4 is 11.9 Å². The molecule has 1 amide bonds. The van der Waals surface area contributed by atoms with Gasteiger partial charge in [0.25, 0.3) is 0 Å². The predicted octanol–water partition coefficient (Wildman–Crippen LogP) is 2.64. The van der Waals surface area contributed by atoms with Gasteiger partial charge in [0.15, 0.2) is 0 Å². The van der Waals surface area contributed by atoms with Crippen LogP contribution < -0.4 is 14.8 Å². The maximum absolute atomic E-state index is 12.0. The van der Waals surface area contributed by atoms with Crippen molar-refractivity contribution in [1.82, 2.24) is 5.32 Å². The minimum atomic E-state index is -0.992. The Morgan fingerprint density at radius 3 is 2.46 bits per heavy atom. The number of carboxylic acids is 1. The van der Waals surface area contributed by atoms with Crippen molar-refractivity contribution in [3.05, 3.63) is 23.8 Å². The summed E-state index contributed by atoms with van der Waals surface area (Å²) in [5.74, 6) is 0.406. The zero-order chi connectivity index (χ0) is 18.1. The molecule has 134 valence electrons. The van der Waals surface area contributed by atoms with Crippen molar-refractivity contribution in [2.24, 2.45) is 5.92 Å². The van der Waals surface area contributed by atoms with Gasteiger partial charge in [-0.25, -0.2) is 4.79 Å². The SMILES string of the molecule is COc1ccc(CCCC(=O)N[C@H](CC(C)C)C(=O)O)c(OC)c1. The number of hydrogen-bond donors (Lipinski definition) is 2. The summed E-state index contributed by atoms with van der Waals surface area (Å²) in [5, 5.41) is 11.7. The normalized spacial score (nSPS) is 11.9. The first-order valence-corrected chi connectivity index (χ1v) is 8.10. The molecule has 1 aromatic rings. The van der Waals surface area contributed by atoms with Gasteiger partial charge in [0.05, 0.1) is 14.2 Å². The molecule has 0 spiro atoms. The Hall–Kier alpha value is -2.24. The second kappa shape index (κ2) is 9.80. The molecule has 0 aromatic heterocycles. The van der Waals surface area contributed by atoms with Crippen LogP contribution in [-0.4, -0.2) is 37.2 Å². The summed E-state index contributed by atoms with van der Waals surface area (Å²) in [6.45, 7) is 3.86. The van der Waals surface area contributed by atoms with Gasteiger partial charge in [-0.15, -0.1) is 0 Å². The van der Waals surface area contributed by atoms with Crippen molar-refractivity contribution < 1.29 is 24.2 Å². The molecule has 24 heavy (non-hydrogen) atoms. The van der Waals surface area contributed by atoms with Crippen LogP contribution in [0.25, 0.3) is 0 Å². The van der Waals surface area contributed by atoms with Gasteiger partial charge in [0.2, 0.25) is 5.91 Å². The average Bonchev–Trinajstić information content (AvgIpc) is 2.53. The summed E-state index contributed by atoms with van der Waals surface area (Å²) >= 11 is 0. The van der Waals surface area contributed by atoms with E-state index in [1.807, 2.05) is 26.0 Å². The molecule has 0 aliphatic carbocycles. The molecule has 0 unspecified atom stereocenters. The number of carboxylic acid groups (broad SMARTS) is 1. The fourth-order valence-electron chi connectivity index (χ4n) is 2.46. The van der Waals surface area contributed by atoms with E-state index in [9.17, 15) is 9.59 Å². The van der Waals surface area contributed by atoms with Crippen LogP contribution in [0.15, 0.2) is 18.2 Å². The Morgan fingerprint density at radius 1 is 1.21 bits per heavy atom. The average molecular weight is 337 g/mol. The molecule has 2 N–H and O–H groups in total. The lowest BCUT2D eigenvalue weighted by Crippen LogP contribution is -2.41. The standard InChI is InChI=1S/C18H27NO5/c1-12(2)10-15(18(21)22)19-17(20)7-5-6-13-8-9-14(23-3)11-16(13)24-4/h8-9,11-12,15H,5-7,10H2,1-4H3,(H,19,20)(H,21,22)/t15-/m1/s1. The van der Waals surface area contributed by atoms with E-state index in [0.29, 0.717) is 25.0 Å². The van der Waals surface area contributed by atoms with E-state index < -0.39 is 12.0 Å². The number of hydrogen-bond acceptors (Lipinski definition) is 4. The molecule has 1 rings (SSSR count). The van der Waals surface area contributed by atoms with Crippen LogP contribution in [0.4, 0.5) is 0 Å². The summed E-state index contributed by atoms with van der Waals surface area (Å²) < 4.78 is 10.5. The summed E-state index contributed by atoms with van der Waals surface area (Å²) in [7, 11) is 3.18. The van der Waals surface area contributed by atoms with Gasteiger partial charge in [-0.1, -0.05) is 19.9 Å². The summed E-state index contributed by atoms with van der Waals surface area (Å²) in [4.78, 5) is 23.1. The Balaban J connectivity index is 2.52. The molecule has 1 atom stereocenters. The van der Waals surface area contributed by atoms with E-state index in [1.165, 1.54) is 0 Å². The van der Waals surface area contributed by atoms with Crippen LogP contribution in [0.5, 0.6) is 11.5 Å². The topological polar surface area (TPSA) is 84.9 Å². The molecule has 0 fully saturated rings. The molecule has 0 aliphatic heterocycles. The molecule has 1 aromatic carbocycles. The molecular formula is C18H27NO5. The molecule has 0 saturated carbocycles. The van der Waals surface area contributed by atoms with Gasteiger partial charge in [-0.3, -0.25) is 4.79 Å². The lowest BCUT2D eigenvalue weighted by atomic mass is 10.0. The third kappa shape index (κ3) is 6.48. The summed E-state index contributed by atoms with van der Waals surface area (Å²) in [5.41, 5.74) is 0.989. The number of rotatable bonds is 10. The number of amides is 1. The number of benzene rings is 1. The smallest absolute Gasteiger partial charge is 0.326 e. The Morgan fingerprint density at radius 2 is 1.92 bits per heavy atom. The second-order valence-corrected chi connectivity index (χ2v) is 6.12. The van der Waals surface area contributed by atoms with Gasteiger partial charge >= 0.3 is 5.97 Å². The molecule has 0 heterocycles. The number of carbonyl (C=O) groups is 2. The highest BCUT2D eigenvalue weighted by molar-refractivity contribution is 5.83. The highest BCUT2D eigenvalue weighted by Crippen LogP contribution is 2.25. The van der Waals surface area contributed by atoms with Gasteiger partial charge < -0.3 is 19.9 Å². The fraction of sp³-hybridized carbons (Fsp3) is 0.556. The van der Waals surface area contributed by atoms with Gasteiger partial charge in [0, 0.05) is 12.5 Å². The highest BCUT2D eigenvalue weighted by atomic mass is 16.5. The van der Waals surface area contributed by atoms with Crippen LogP contribution in [0, 0.1) is 5.92 Å². The molecule has 0 bridgehead atoms. The largest absolute Gasteiger partial charge is 0.497 e. The third-order valence-electron chi connectivity index (χ3n) is 3.68. The summed E-state index contributed by atoms with van der Waals surface area (Å²) in [6, 6.07) is 4.74. The maximum Gasteiger partial charge on any atom is 0.326 e. The first-order chi connectivity index (χ1) is 11.4. The monoisotopic (exact) mass is 337 g/mol. The first-order valence-electron chi connectivity index (χ1n) is 8.10. The second-order valence-electron chi connectivity index (χ2n) is 6.12. The van der Waals surface area contributed by atoms with E-state index in [4.69, 9.17) is 14.6 Å². The van der Waals surface area contributed by atoms with E-state index in [2.05, 4.69) is 5.32 Å². The number of aryl methyl sites for hydroxylation is 1. The van der Waals surface area contributed by atoms with Crippen molar-refractivity contribution in [3.63, 3.8) is 0 Å². The predicted molar refractivity (Wildman–Crippen MR) is 91.5 cm³/mol. The molecule has 6 heteroatoms. The van der Waals surface area contributed by atoms with Gasteiger partial charge in [0.1, 0.15) is 17.5 Å². The van der Waals surface area contributed by atoms with E-state index in [1.54, 1.807) is 20.3 Å². The Labute approximate surface area is 143 Å². The first kappa shape index (κ1) is 19.8. The quantitative estimate of drug-likeness (QED) is 0.685. The van der Waals surface area contributed by atoms with Crippen molar-refractivity contribution in [3.8, 4) is 11.5 Å². The maximum atomic E-state index is 12.0. The van der Waals surface area contributed by atoms with Crippen LogP contribution in [0.1, 0.15) is 38.7 Å². The van der Waals surface area contributed by atoms with Gasteiger partial charge in [-0.05, 0) is 36.8 Å². The Bertz CT molecular complexity index is 556. The Kier molecular flexibility index (Phi) is 8.09. The molecule has 0 radical (unpaired) electrons. The number of carbonyl (C=O) groups excluding carboxylic acids is 1. The zero-order valence-electron chi connectivity index (χ0n) is 14.8. The number of ether oxygens (including phenoxy) is 2. The minimum absolute atomic E-state index is 0.204. The highest BCUT2D eigenvalue weighted by Gasteiger charge is 2.20. The minimum Gasteiger partial charge on any atom is -0.497 e. The molecule has 0 aliphatic rings. The van der Waals surface area contributed by atoms with Crippen molar-refractivity contribution in [1.29, 1.82) is 0 Å². The third-order valence-corrected chi connectivity index (χ3v) is 3.68. The van der Waals surface area contributed by atoms with Crippen LogP contribution >= 0.6 is 0 Å². The lowest BCUT2D eigenvalue weighted by Gasteiger charge is -2.16. The van der Waals surface area contributed by atoms with Crippen LogP contribution in [0.2, 0.25) is 0 Å². The zero-order valence-corrected chi connectivity index (χ0v) is 14.8. The van der Waals surface area contributed by atoms with Crippen LogP contribution in [0.3, 0.4) is 0 Å². The molecule has 6 nitrogen and oxygen atoms in total. The van der Waals surface area contributed by atoms with E-state index in [-0.39, 0.29) is 18.2 Å². The van der Waals surface area contributed by atoms with E-state index >= 15 is 0 Å². The van der Waals surface area contributed by atoms with Crippen molar-refractivity contribution in [2.45, 2.75) is 45.6 Å². The van der Waals surface area contributed by atoms with Crippen LogP contribution in [-0.2, 0) is 16.0 Å². The lowest BCUT2D eigenvalue weighted by molar-refractivity contribution is -0.142. The fourth-order valence-corrected chi connectivity index (χ4v) is 2.46. The number of aliphatic carboxylic acids is 1. The molecular weight excluding hydrogens is 310 g/mol.